The highest BCUT2D eigenvalue weighted by atomic mass is 32.1. The number of thiocarbonyl (C=S) groups is 1. The highest BCUT2D eigenvalue weighted by Crippen LogP contribution is 2.42. The number of aromatic nitrogens is 2. The normalized spacial score (nSPS) is 18.5. The van der Waals surface area contributed by atoms with Gasteiger partial charge in [0.15, 0.2) is 5.11 Å². The van der Waals surface area contributed by atoms with E-state index in [0.29, 0.717) is 10.8 Å². The zero-order valence-electron chi connectivity index (χ0n) is 18.0. The zero-order chi connectivity index (χ0) is 22.3. The Labute approximate surface area is 187 Å². The van der Waals surface area contributed by atoms with Crippen LogP contribution in [0.25, 0.3) is 5.69 Å². The van der Waals surface area contributed by atoms with Crippen LogP contribution in [0.2, 0.25) is 0 Å². The van der Waals surface area contributed by atoms with E-state index in [1.807, 2.05) is 48.7 Å². The first-order valence-corrected chi connectivity index (χ1v) is 10.7. The molecule has 3 aromatic rings. The standard InChI is InChI=1S/C24H26N4O2S/c1-14(2)27-22(21(26-24(27)31)19-10-7-8-12-25-19)18-13-15(3)28(16(18)4)20-11-6-5-9-17(20)23(29)30/h5-14,21-22H,1-4H3,(H,26,31)(H,29,30). The van der Waals surface area contributed by atoms with Crippen LogP contribution in [0.4, 0.5) is 0 Å². The molecule has 0 aliphatic carbocycles. The van der Waals surface area contributed by atoms with E-state index in [1.54, 1.807) is 18.3 Å². The third kappa shape index (κ3) is 3.59. The molecule has 6 nitrogen and oxygen atoms in total. The summed E-state index contributed by atoms with van der Waals surface area (Å²) in [6.45, 7) is 8.29. The zero-order valence-corrected chi connectivity index (χ0v) is 18.9. The lowest BCUT2D eigenvalue weighted by Gasteiger charge is -2.31. The summed E-state index contributed by atoms with van der Waals surface area (Å²) in [5.74, 6) is -0.941. The fraction of sp³-hybridized carbons (Fsp3) is 0.292. The van der Waals surface area contributed by atoms with Gasteiger partial charge >= 0.3 is 5.97 Å². The third-order valence-corrected chi connectivity index (χ3v) is 6.18. The Bertz CT molecular complexity index is 1140. The number of carboxylic acids is 1. The smallest absolute Gasteiger partial charge is 0.337 e. The van der Waals surface area contributed by atoms with E-state index in [0.717, 1.165) is 22.6 Å². The summed E-state index contributed by atoms with van der Waals surface area (Å²) in [6, 6.07) is 15.2. The second-order valence-electron chi connectivity index (χ2n) is 8.11. The Morgan fingerprint density at radius 2 is 1.87 bits per heavy atom. The summed E-state index contributed by atoms with van der Waals surface area (Å²) >= 11 is 5.70. The fourth-order valence-corrected chi connectivity index (χ4v) is 5.01. The molecule has 31 heavy (non-hydrogen) atoms. The maximum atomic E-state index is 11.8. The van der Waals surface area contributed by atoms with E-state index in [9.17, 15) is 9.90 Å². The van der Waals surface area contributed by atoms with Crippen molar-refractivity contribution in [3.63, 3.8) is 0 Å². The van der Waals surface area contributed by atoms with E-state index in [2.05, 4.69) is 35.1 Å². The summed E-state index contributed by atoms with van der Waals surface area (Å²) in [6.07, 6.45) is 1.79. The molecule has 2 atom stereocenters. The minimum atomic E-state index is -0.941. The predicted octanol–water partition coefficient (Wildman–Crippen LogP) is 4.57. The molecule has 2 N–H and O–H groups in total. The van der Waals surface area contributed by atoms with Gasteiger partial charge in [-0.05, 0) is 75.8 Å². The van der Waals surface area contributed by atoms with Crippen LogP contribution in [0, 0.1) is 13.8 Å². The number of carbonyl (C=O) groups is 1. The van der Waals surface area contributed by atoms with Gasteiger partial charge in [-0.15, -0.1) is 0 Å². The Morgan fingerprint density at radius 1 is 1.16 bits per heavy atom. The highest BCUT2D eigenvalue weighted by molar-refractivity contribution is 7.80. The monoisotopic (exact) mass is 434 g/mol. The maximum Gasteiger partial charge on any atom is 0.337 e. The molecule has 7 heteroatoms. The quantitative estimate of drug-likeness (QED) is 0.574. The van der Waals surface area contributed by atoms with Gasteiger partial charge in [-0.3, -0.25) is 4.98 Å². The lowest BCUT2D eigenvalue weighted by Crippen LogP contribution is -2.35. The number of para-hydroxylation sites is 1. The van der Waals surface area contributed by atoms with Gasteiger partial charge in [0.2, 0.25) is 0 Å². The fourth-order valence-electron chi connectivity index (χ4n) is 4.56. The van der Waals surface area contributed by atoms with Gasteiger partial charge in [-0.2, -0.15) is 0 Å². The molecule has 3 heterocycles. The molecule has 0 spiro atoms. The van der Waals surface area contributed by atoms with Gasteiger partial charge < -0.3 is 19.9 Å². The van der Waals surface area contributed by atoms with Crippen molar-refractivity contribution in [2.24, 2.45) is 0 Å². The van der Waals surface area contributed by atoms with E-state index in [4.69, 9.17) is 12.2 Å². The largest absolute Gasteiger partial charge is 0.478 e. The number of hydrogen-bond acceptors (Lipinski definition) is 3. The molecular weight excluding hydrogens is 408 g/mol. The van der Waals surface area contributed by atoms with Gasteiger partial charge in [-0.25, -0.2) is 4.79 Å². The molecule has 0 bridgehead atoms. The molecule has 0 amide bonds. The molecule has 2 aromatic heterocycles. The molecule has 1 saturated heterocycles. The van der Waals surface area contributed by atoms with Gasteiger partial charge in [-0.1, -0.05) is 18.2 Å². The molecule has 160 valence electrons. The summed E-state index contributed by atoms with van der Waals surface area (Å²) in [5.41, 5.74) is 4.94. The maximum absolute atomic E-state index is 11.8. The minimum absolute atomic E-state index is 0.0562. The molecule has 1 aromatic carbocycles. The number of aromatic carboxylic acids is 1. The van der Waals surface area contributed by atoms with Crippen LogP contribution in [-0.2, 0) is 0 Å². The second kappa shape index (κ2) is 8.15. The van der Waals surface area contributed by atoms with E-state index in [-0.39, 0.29) is 23.7 Å². The van der Waals surface area contributed by atoms with Crippen LogP contribution in [0.3, 0.4) is 0 Å². The van der Waals surface area contributed by atoms with Crippen molar-refractivity contribution in [2.45, 2.75) is 45.8 Å². The number of rotatable bonds is 5. The Morgan fingerprint density at radius 3 is 2.52 bits per heavy atom. The Hall–Kier alpha value is -3.19. The van der Waals surface area contributed by atoms with Crippen molar-refractivity contribution in [1.29, 1.82) is 0 Å². The summed E-state index contributed by atoms with van der Waals surface area (Å²) in [5, 5.41) is 13.9. The number of nitrogens with one attached hydrogen (secondary N) is 1. The van der Waals surface area contributed by atoms with E-state index in [1.165, 1.54) is 0 Å². The minimum Gasteiger partial charge on any atom is -0.478 e. The van der Waals surface area contributed by atoms with Crippen LogP contribution in [0.1, 0.15) is 58.9 Å². The summed E-state index contributed by atoms with van der Waals surface area (Å²) < 4.78 is 2.02. The van der Waals surface area contributed by atoms with E-state index >= 15 is 0 Å². The average molecular weight is 435 g/mol. The van der Waals surface area contributed by atoms with Crippen molar-refractivity contribution in [1.82, 2.24) is 19.8 Å². The van der Waals surface area contributed by atoms with Gasteiger partial charge in [0, 0.05) is 23.6 Å². The van der Waals surface area contributed by atoms with Crippen molar-refractivity contribution < 1.29 is 9.90 Å². The van der Waals surface area contributed by atoms with Crippen LogP contribution < -0.4 is 5.32 Å². The molecular formula is C24H26N4O2S. The van der Waals surface area contributed by atoms with Crippen LogP contribution in [0.5, 0.6) is 0 Å². The molecule has 1 aliphatic heterocycles. The average Bonchev–Trinajstić information content (AvgIpc) is 3.24. The number of benzene rings is 1. The molecule has 0 saturated carbocycles. The van der Waals surface area contributed by atoms with Crippen LogP contribution in [-0.4, -0.2) is 36.7 Å². The lowest BCUT2D eigenvalue weighted by molar-refractivity contribution is 0.0697. The van der Waals surface area contributed by atoms with Gasteiger partial charge in [0.25, 0.3) is 0 Å². The summed E-state index contributed by atoms with van der Waals surface area (Å²) in [4.78, 5) is 18.6. The number of nitrogens with zero attached hydrogens (tertiary/aromatic N) is 3. The highest BCUT2D eigenvalue weighted by Gasteiger charge is 2.42. The SMILES string of the molecule is Cc1cc(C2C(c3ccccn3)NC(=S)N2C(C)C)c(C)n1-c1ccccc1C(=O)O. The van der Waals surface area contributed by atoms with Crippen molar-refractivity contribution in [3.05, 3.63) is 82.9 Å². The first-order valence-electron chi connectivity index (χ1n) is 10.3. The third-order valence-electron chi connectivity index (χ3n) is 5.86. The molecule has 4 rings (SSSR count). The first-order chi connectivity index (χ1) is 14.8. The Kier molecular flexibility index (Phi) is 5.54. The number of hydrogen-bond donors (Lipinski definition) is 2. The topological polar surface area (TPSA) is 70.4 Å². The van der Waals surface area contributed by atoms with Crippen LogP contribution >= 0.6 is 12.2 Å². The van der Waals surface area contributed by atoms with Gasteiger partial charge in [0.1, 0.15) is 0 Å². The summed E-state index contributed by atoms with van der Waals surface area (Å²) in [7, 11) is 0. The second-order valence-corrected chi connectivity index (χ2v) is 8.50. The molecule has 1 aliphatic rings. The molecule has 1 fully saturated rings. The Balaban J connectivity index is 1.89. The van der Waals surface area contributed by atoms with Crippen LogP contribution in [0.15, 0.2) is 54.7 Å². The van der Waals surface area contributed by atoms with Gasteiger partial charge in [0.05, 0.1) is 29.0 Å². The predicted molar refractivity (Wildman–Crippen MR) is 125 cm³/mol. The number of carboxylic acid groups (broad SMARTS) is 1. The molecule has 0 radical (unpaired) electrons. The van der Waals surface area contributed by atoms with Crippen molar-refractivity contribution in [2.75, 3.05) is 0 Å². The first kappa shape index (κ1) is 21.1. The van der Waals surface area contributed by atoms with Crippen molar-refractivity contribution in [3.8, 4) is 5.69 Å². The number of aryl methyl sites for hydroxylation is 1. The van der Waals surface area contributed by atoms with E-state index < -0.39 is 5.97 Å². The number of pyridine rings is 1. The van der Waals surface area contributed by atoms with Crippen molar-refractivity contribution >= 4 is 23.3 Å². The lowest BCUT2D eigenvalue weighted by atomic mass is 9.96. The molecule has 2 unspecified atom stereocenters.